The number of carbonyl (C=O) groups is 1. The lowest BCUT2D eigenvalue weighted by atomic mass is 9.90. The van der Waals surface area contributed by atoms with Crippen LogP contribution in [0.3, 0.4) is 0 Å². The van der Waals surface area contributed by atoms with Gasteiger partial charge in [-0.15, -0.1) is 0 Å². The average Bonchev–Trinajstić information content (AvgIpc) is 3.14. The molecule has 9 heteroatoms. The van der Waals surface area contributed by atoms with Crippen molar-refractivity contribution < 1.29 is 22.3 Å². The SMILES string of the molecule is CC(C)Oc1ccc(S(=O)(=O)N2CCC(c3cn(CC=O)c4ncccc34)CC2)cc1F. The first-order chi connectivity index (χ1) is 15.3. The number of nitrogens with zero attached hydrogens (tertiary/aromatic N) is 3. The van der Waals surface area contributed by atoms with Crippen molar-refractivity contribution in [3.63, 3.8) is 0 Å². The molecule has 0 atom stereocenters. The molecule has 0 spiro atoms. The van der Waals surface area contributed by atoms with Crippen molar-refractivity contribution in [3.8, 4) is 5.75 Å². The van der Waals surface area contributed by atoms with Crippen LogP contribution in [0.25, 0.3) is 11.0 Å². The Balaban J connectivity index is 1.52. The van der Waals surface area contributed by atoms with Crippen LogP contribution >= 0.6 is 0 Å². The number of rotatable bonds is 7. The highest BCUT2D eigenvalue weighted by Crippen LogP contribution is 2.35. The molecule has 1 aliphatic heterocycles. The lowest BCUT2D eigenvalue weighted by Gasteiger charge is -2.31. The van der Waals surface area contributed by atoms with Gasteiger partial charge in [-0.25, -0.2) is 17.8 Å². The Labute approximate surface area is 186 Å². The Morgan fingerprint density at radius 3 is 2.66 bits per heavy atom. The van der Waals surface area contributed by atoms with E-state index in [-0.39, 0.29) is 29.2 Å². The van der Waals surface area contributed by atoms with Gasteiger partial charge in [0.15, 0.2) is 11.6 Å². The van der Waals surface area contributed by atoms with E-state index in [4.69, 9.17) is 4.74 Å². The first-order valence-electron chi connectivity index (χ1n) is 10.6. The molecule has 2 aromatic heterocycles. The van der Waals surface area contributed by atoms with Crippen molar-refractivity contribution in [2.24, 2.45) is 0 Å². The van der Waals surface area contributed by atoms with Crippen molar-refractivity contribution in [1.82, 2.24) is 13.9 Å². The topological polar surface area (TPSA) is 81.5 Å². The van der Waals surface area contributed by atoms with E-state index in [0.29, 0.717) is 25.9 Å². The van der Waals surface area contributed by atoms with Crippen molar-refractivity contribution in [3.05, 3.63) is 54.1 Å². The fraction of sp³-hybridized carbons (Fsp3) is 0.391. The smallest absolute Gasteiger partial charge is 0.243 e. The molecule has 1 aliphatic rings. The molecule has 4 rings (SSSR count). The minimum atomic E-state index is -3.81. The van der Waals surface area contributed by atoms with Crippen LogP contribution in [0.2, 0.25) is 0 Å². The van der Waals surface area contributed by atoms with Gasteiger partial charge in [-0.1, -0.05) is 0 Å². The largest absolute Gasteiger partial charge is 0.488 e. The second-order valence-electron chi connectivity index (χ2n) is 8.22. The van der Waals surface area contributed by atoms with Crippen molar-refractivity contribution >= 4 is 27.3 Å². The predicted molar refractivity (Wildman–Crippen MR) is 119 cm³/mol. The summed E-state index contributed by atoms with van der Waals surface area (Å²) in [5, 5.41) is 0.985. The zero-order valence-corrected chi connectivity index (χ0v) is 18.9. The molecule has 0 bridgehead atoms. The van der Waals surface area contributed by atoms with E-state index in [9.17, 15) is 17.6 Å². The maximum absolute atomic E-state index is 14.4. The fourth-order valence-corrected chi connectivity index (χ4v) is 5.72. The molecule has 7 nitrogen and oxygen atoms in total. The second kappa shape index (κ2) is 8.99. The molecule has 3 aromatic rings. The van der Waals surface area contributed by atoms with Crippen molar-refractivity contribution in [2.75, 3.05) is 13.1 Å². The highest BCUT2D eigenvalue weighted by molar-refractivity contribution is 7.89. The number of aldehydes is 1. The van der Waals surface area contributed by atoms with Crippen LogP contribution in [0.5, 0.6) is 5.75 Å². The zero-order valence-electron chi connectivity index (χ0n) is 18.1. The Morgan fingerprint density at radius 1 is 1.25 bits per heavy atom. The van der Waals surface area contributed by atoms with E-state index in [2.05, 4.69) is 4.98 Å². The highest BCUT2D eigenvalue weighted by Gasteiger charge is 2.31. The number of carbonyl (C=O) groups excluding carboxylic acids is 1. The lowest BCUT2D eigenvalue weighted by molar-refractivity contribution is -0.108. The normalized spacial score (nSPS) is 16.0. The average molecular weight is 460 g/mol. The van der Waals surface area contributed by atoms with Crippen LogP contribution in [0.15, 0.2) is 47.6 Å². The molecule has 0 N–H and O–H groups in total. The minimum Gasteiger partial charge on any atom is -0.488 e. The summed E-state index contributed by atoms with van der Waals surface area (Å²) in [5.74, 6) is -0.497. The van der Waals surface area contributed by atoms with Gasteiger partial charge in [0.25, 0.3) is 0 Å². The number of halogens is 1. The third kappa shape index (κ3) is 4.27. The molecular formula is C23H26FN3O4S. The van der Waals surface area contributed by atoms with Gasteiger partial charge in [0.2, 0.25) is 10.0 Å². The summed E-state index contributed by atoms with van der Waals surface area (Å²) in [4.78, 5) is 15.4. The van der Waals surface area contributed by atoms with Crippen molar-refractivity contribution in [1.29, 1.82) is 0 Å². The van der Waals surface area contributed by atoms with Gasteiger partial charge in [0.05, 0.1) is 17.5 Å². The molecule has 1 saturated heterocycles. The first-order valence-corrected chi connectivity index (χ1v) is 12.1. The number of ether oxygens (including phenoxy) is 1. The molecule has 0 saturated carbocycles. The van der Waals surface area contributed by atoms with Crippen molar-refractivity contribution in [2.45, 2.75) is 50.2 Å². The van der Waals surface area contributed by atoms with Crippen LogP contribution in [-0.4, -0.2) is 47.8 Å². The molecule has 0 amide bonds. The Hall–Kier alpha value is -2.78. The van der Waals surface area contributed by atoms with E-state index in [1.54, 1.807) is 20.0 Å². The Bertz CT molecular complexity index is 1230. The number of piperidine rings is 1. The standard InChI is InChI=1S/C23H26FN3O4S/c1-16(2)31-22-6-5-18(14-21(22)24)32(29,30)27-10-7-17(8-11-27)20-15-26(12-13-28)23-19(20)4-3-9-25-23/h3-6,9,13-17H,7-8,10-12H2,1-2H3. The van der Waals surface area contributed by atoms with Gasteiger partial charge >= 0.3 is 0 Å². The number of pyridine rings is 1. The number of sulfonamides is 1. The zero-order chi connectivity index (χ0) is 22.9. The lowest BCUT2D eigenvalue weighted by Crippen LogP contribution is -2.37. The summed E-state index contributed by atoms with van der Waals surface area (Å²) >= 11 is 0. The summed E-state index contributed by atoms with van der Waals surface area (Å²) in [7, 11) is -3.81. The number of aromatic nitrogens is 2. The molecule has 1 fully saturated rings. The molecule has 3 heterocycles. The maximum Gasteiger partial charge on any atom is 0.243 e. The summed E-state index contributed by atoms with van der Waals surface area (Å²) in [6, 6.07) is 7.62. The predicted octanol–water partition coefficient (Wildman–Crippen LogP) is 3.73. The molecule has 0 radical (unpaired) electrons. The number of hydrogen-bond acceptors (Lipinski definition) is 5. The fourth-order valence-electron chi connectivity index (χ4n) is 4.24. The Morgan fingerprint density at radius 2 is 2.00 bits per heavy atom. The summed E-state index contributed by atoms with van der Waals surface area (Å²) in [6.07, 6.45) is 5.53. The van der Waals surface area contributed by atoms with Gasteiger partial charge in [-0.05, 0) is 68.5 Å². The monoisotopic (exact) mass is 459 g/mol. The second-order valence-corrected chi connectivity index (χ2v) is 10.2. The minimum absolute atomic E-state index is 0.0398. The first kappa shape index (κ1) is 22.4. The van der Waals surface area contributed by atoms with Crippen LogP contribution in [0, 0.1) is 5.82 Å². The Kier molecular flexibility index (Phi) is 6.30. The molecule has 0 aliphatic carbocycles. The van der Waals surface area contributed by atoms with E-state index in [1.807, 2.05) is 22.9 Å². The van der Waals surface area contributed by atoms with E-state index < -0.39 is 15.8 Å². The van der Waals surface area contributed by atoms with E-state index in [0.717, 1.165) is 28.9 Å². The molecule has 170 valence electrons. The van der Waals surface area contributed by atoms with Crippen LogP contribution in [-0.2, 0) is 21.4 Å². The molecule has 1 aromatic carbocycles. The van der Waals surface area contributed by atoms with Gasteiger partial charge < -0.3 is 14.1 Å². The number of hydrogen-bond donors (Lipinski definition) is 0. The van der Waals surface area contributed by atoms with Crippen LogP contribution in [0.1, 0.15) is 38.2 Å². The summed E-state index contributed by atoms with van der Waals surface area (Å²) < 4.78 is 49.1. The third-order valence-electron chi connectivity index (χ3n) is 5.73. The van der Waals surface area contributed by atoms with E-state index >= 15 is 0 Å². The molecule has 32 heavy (non-hydrogen) atoms. The van der Waals surface area contributed by atoms with Gasteiger partial charge in [0, 0.05) is 30.9 Å². The van der Waals surface area contributed by atoms with E-state index in [1.165, 1.54) is 16.4 Å². The third-order valence-corrected chi connectivity index (χ3v) is 7.63. The number of benzene rings is 1. The number of fused-ring (bicyclic) bond motifs is 1. The van der Waals surface area contributed by atoms with Crippen LogP contribution in [0.4, 0.5) is 4.39 Å². The molecule has 0 unspecified atom stereocenters. The molecular weight excluding hydrogens is 433 g/mol. The van der Waals surface area contributed by atoms with Crippen LogP contribution < -0.4 is 4.74 Å². The van der Waals surface area contributed by atoms with Gasteiger partial charge in [-0.3, -0.25) is 0 Å². The summed E-state index contributed by atoms with van der Waals surface area (Å²) in [6.45, 7) is 4.45. The highest BCUT2D eigenvalue weighted by atomic mass is 32.2. The van der Waals surface area contributed by atoms with Gasteiger partial charge in [-0.2, -0.15) is 4.31 Å². The van der Waals surface area contributed by atoms with Gasteiger partial charge in [0.1, 0.15) is 11.9 Å². The maximum atomic E-state index is 14.4. The summed E-state index contributed by atoms with van der Waals surface area (Å²) in [5.41, 5.74) is 1.83. The quantitative estimate of drug-likeness (QED) is 0.503.